The van der Waals surface area contributed by atoms with E-state index in [1.165, 1.54) is 81.0 Å². The Morgan fingerprint density at radius 2 is 1.27 bits per heavy atom. The molecule has 0 spiro atoms. The molecule has 1 fully saturated rings. The number of para-hydroxylation sites is 3. The number of imide groups is 1. The van der Waals surface area contributed by atoms with Gasteiger partial charge in [-0.25, -0.2) is 14.7 Å². The normalized spacial score (nSPS) is 13.7. The second-order valence-electron chi connectivity index (χ2n) is 26.5. The molecule has 0 unspecified atom stereocenters. The number of carbonyl (C=O) groups excluding carboxylic acids is 7. The van der Waals surface area contributed by atoms with Gasteiger partial charge in [0.05, 0.1) is 57.0 Å². The number of benzene rings is 11. The molecule has 0 bridgehead atoms. The second-order valence-corrected chi connectivity index (χ2v) is 31.6. The Kier molecular flexibility index (Phi) is 25.5. The maximum absolute atomic E-state index is 12.7. The summed E-state index contributed by atoms with van der Waals surface area (Å²) < 4.78 is 46.3. The molecule has 11 aromatic carbocycles. The summed E-state index contributed by atoms with van der Waals surface area (Å²) in [4.78, 5) is 110. The molecule has 17 rings (SSSR count). The summed E-state index contributed by atoms with van der Waals surface area (Å²) in [5.41, 5.74) is 20.8. The first-order valence-corrected chi connectivity index (χ1v) is 40.6. The minimum absolute atomic E-state index is 0.0259. The predicted molar refractivity (Wildman–Crippen MR) is 464 cm³/mol. The Labute approximate surface area is 690 Å². The lowest BCUT2D eigenvalue weighted by Gasteiger charge is -2.14. The van der Waals surface area contributed by atoms with Gasteiger partial charge >= 0.3 is 15.1 Å². The van der Waals surface area contributed by atoms with Crippen molar-refractivity contribution in [2.24, 2.45) is 4.99 Å². The van der Waals surface area contributed by atoms with E-state index in [1.807, 2.05) is 128 Å². The van der Waals surface area contributed by atoms with Gasteiger partial charge in [-0.15, -0.1) is 11.3 Å². The van der Waals surface area contributed by atoms with Crippen molar-refractivity contribution in [2.75, 3.05) is 41.5 Å². The summed E-state index contributed by atoms with van der Waals surface area (Å²) in [5, 5.41) is 8.31. The van der Waals surface area contributed by atoms with Gasteiger partial charge in [0.25, 0.3) is 29.5 Å². The number of fused-ring (bicyclic) bond motifs is 4. The van der Waals surface area contributed by atoms with E-state index < -0.39 is 15.1 Å². The lowest BCUT2D eigenvalue weighted by molar-refractivity contribution is -0.121. The number of hydrogen-bond donors (Lipinski definition) is 3. The van der Waals surface area contributed by atoms with E-state index in [1.54, 1.807) is 128 Å². The van der Waals surface area contributed by atoms with Crippen LogP contribution in [-0.2, 0) is 30.9 Å². The lowest BCUT2D eigenvalue weighted by atomic mass is 10.0. The van der Waals surface area contributed by atoms with Crippen LogP contribution in [0.25, 0.3) is 33.2 Å². The first kappa shape index (κ1) is 81.4. The first-order chi connectivity index (χ1) is 56.5. The topological polar surface area (TPSA) is 293 Å². The molecule has 4 aliphatic rings. The summed E-state index contributed by atoms with van der Waals surface area (Å²) in [6.07, 6.45) is 2.47. The molecule has 0 saturated carbocycles. The van der Waals surface area contributed by atoms with Gasteiger partial charge in [0.15, 0.2) is 22.3 Å². The maximum Gasteiger partial charge on any atom is 0.396 e. The molecule has 26 heteroatoms. The largest absolute Gasteiger partial charge is 0.496 e. The van der Waals surface area contributed by atoms with Crippen molar-refractivity contribution in [1.29, 1.82) is 0 Å². The maximum atomic E-state index is 12.7. The van der Waals surface area contributed by atoms with Gasteiger partial charge in [0.2, 0.25) is 0 Å². The zero-order chi connectivity index (χ0) is 82.4. The number of ether oxygens (including phenoxy) is 2. The van der Waals surface area contributed by atoms with Gasteiger partial charge < -0.3 is 29.1 Å². The van der Waals surface area contributed by atoms with Crippen LogP contribution in [0.15, 0.2) is 302 Å². The number of allylic oxidation sites excluding steroid dienone is 1. The molecule has 5 heterocycles. The molecular weight excluding hydrogens is 1580 g/mol. The number of amides is 5. The highest BCUT2D eigenvalue weighted by Crippen LogP contribution is 2.38. The lowest BCUT2D eigenvalue weighted by Crippen LogP contribution is -2.33. The summed E-state index contributed by atoms with van der Waals surface area (Å²) >= 11 is 8.85. The Balaban J connectivity index is 0.000000127. The van der Waals surface area contributed by atoms with E-state index in [0.29, 0.717) is 93.2 Å². The average Bonchev–Trinajstić information content (AvgIpc) is 1.58. The van der Waals surface area contributed by atoms with Crippen LogP contribution in [0.1, 0.15) is 87.3 Å². The number of aryl methyl sites for hydroxylation is 3. The number of rotatable bonds is 17. The number of thioether (sulfide) groups is 1. The number of aromatic nitrogens is 1. The van der Waals surface area contributed by atoms with Gasteiger partial charge in [-0.1, -0.05) is 211 Å². The number of nitrogens with zero attached hydrogens (tertiary/aromatic N) is 4. The van der Waals surface area contributed by atoms with Gasteiger partial charge in [-0.05, 0) is 158 Å². The molecule has 4 N–H and O–H groups in total. The summed E-state index contributed by atoms with van der Waals surface area (Å²) in [7, 11) is -2.39. The number of carbonyl (C=O) groups is 7. The first-order valence-electron chi connectivity index (χ1n) is 36.2. The Bertz CT molecular complexity index is 6310. The molecule has 0 atom stereocenters. The van der Waals surface area contributed by atoms with E-state index in [9.17, 15) is 46.8 Å². The molecule has 117 heavy (non-hydrogen) atoms. The predicted octanol–water partition coefficient (Wildman–Crippen LogP) is 18.3. The van der Waals surface area contributed by atoms with Crippen molar-refractivity contribution in [2.45, 2.75) is 39.0 Å². The minimum atomic E-state index is -3.90. The number of methoxy groups -OCH3 is 1. The molecule has 0 radical (unpaired) electrons. The highest BCUT2D eigenvalue weighted by Gasteiger charge is 2.38. The SMILES string of the molecule is CC1=C(C(=O)Nc2nc(-c3ccccc3)cs2)Cc2cc(C)ccc21.COc1ccccc1C(=O)CN1C(=O)/C(=C/c2ccccc2)SC1=S.Cc1cc(OS(=O)(=O)c2ccccc2)cc2sc(=O)oc12.Cc1ccccc1C(=O)CN=C1C(=O)Nc2ccccc21.Nc1ccc(Oc2ccc3c(c2)C(=O)N(c2ccccc2)C3=O)cc1. The van der Waals surface area contributed by atoms with E-state index in [0.717, 1.165) is 56.1 Å². The van der Waals surface area contributed by atoms with Crippen molar-refractivity contribution in [3.63, 3.8) is 0 Å². The molecule has 13 aromatic rings. The number of aliphatic imine (C=N–C) groups is 1. The van der Waals surface area contributed by atoms with Crippen LogP contribution in [-0.4, -0.2) is 89.6 Å². The van der Waals surface area contributed by atoms with E-state index in [4.69, 9.17) is 36.0 Å². The van der Waals surface area contributed by atoms with E-state index in [2.05, 4.69) is 45.7 Å². The van der Waals surface area contributed by atoms with Crippen LogP contribution < -0.4 is 39.9 Å². The number of nitrogen functional groups attached to an aromatic ring is 1. The van der Waals surface area contributed by atoms with Crippen LogP contribution in [0.2, 0.25) is 0 Å². The monoisotopic (exact) mass is 1650 g/mol. The molecule has 2 aromatic heterocycles. The minimum Gasteiger partial charge on any atom is -0.496 e. The highest BCUT2D eigenvalue weighted by atomic mass is 32.2. The number of thiazole rings is 1. The van der Waals surface area contributed by atoms with Crippen molar-refractivity contribution in [3.05, 3.63) is 354 Å². The van der Waals surface area contributed by atoms with Crippen LogP contribution >= 0.6 is 46.7 Å². The molecular formula is C91H71N7O14S5. The van der Waals surface area contributed by atoms with Crippen LogP contribution in [0, 0.1) is 20.8 Å². The summed E-state index contributed by atoms with van der Waals surface area (Å²) in [6.45, 7) is 7.58. The van der Waals surface area contributed by atoms with Crippen molar-refractivity contribution in [3.8, 4) is 34.3 Å². The third-order valence-corrected chi connectivity index (χ3v) is 22.7. The standard InChI is InChI=1S/C21H18N2OS.C20H14N2O3.C19H15NO3S2.C17H14N2O2.C14H10O5S2/c1-13-8-9-17-14(2)18(11-16(17)10-13)20(24)23-21-22-19(12-25-21)15-6-4-3-5-7-15;21-13-6-8-15(9-7-13)25-16-10-11-17-18(12-16)20(24)22(19(17)23)14-4-2-1-3-5-14;1-23-16-10-6-5-9-14(16)15(21)12-20-18(22)17(25-19(20)24)11-13-7-3-2-4-8-13;1-11-6-2-3-7-12(11)15(20)10-18-16-13-8-4-5-9-14(13)19-17(16)21;1-9-7-10(8-12-13(9)18-14(15)20-12)19-21(16,17)11-5-3-2-4-6-11/h3-10,12H,11H2,1-2H3,(H,22,23,24);1-12H,21H2;2-11H,12H2,1H3;2-9H,10H2,1H3,(H,18,19,21);2-8H,1H3/b;;17-11-;;. The van der Waals surface area contributed by atoms with Crippen molar-refractivity contribution >= 4 is 152 Å². The Hall–Kier alpha value is -13.6. The van der Waals surface area contributed by atoms with Crippen LogP contribution in [0.5, 0.6) is 23.0 Å². The third kappa shape index (κ3) is 19.4. The fourth-order valence-electron chi connectivity index (χ4n) is 12.7. The third-order valence-electron chi connectivity index (χ3n) is 18.5. The van der Waals surface area contributed by atoms with Gasteiger partial charge in [0.1, 0.15) is 44.5 Å². The summed E-state index contributed by atoms with van der Waals surface area (Å²) in [6, 6.07) is 79.1. The smallest absolute Gasteiger partial charge is 0.396 e. The molecule has 1 aliphatic carbocycles. The van der Waals surface area contributed by atoms with E-state index in [-0.39, 0.29) is 64.8 Å². The fourth-order valence-corrected chi connectivity index (χ4v) is 16.4. The number of nitrogens with two attached hydrogens (primary N) is 1. The Morgan fingerprint density at radius 1 is 0.641 bits per heavy atom. The molecule has 1 saturated heterocycles. The van der Waals surface area contributed by atoms with Crippen LogP contribution in [0.3, 0.4) is 0 Å². The number of nitrogens with one attached hydrogen (secondary N) is 2. The number of hydrogen-bond acceptors (Lipinski definition) is 21. The number of ketones is 2. The average molecular weight is 1650 g/mol. The summed E-state index contributed by atoms with van der Waals surface area (Å²) in [5.74, 6) is 0.187. The molecule has 584 valence electrons. The van der Waals surface area contributed by atoms with Crippen molar-refractivity contribution in [1.82, 2.24) is 9.88 Å². The van der Waals surface area contributed by atoms with Crippen LogP contribution in [0.4, 0.5) is 22.2 Å². The van der Waals surface area contributed by atoms with Gasteiger partial charge in [-0.3, -0.25) is 48.8 Å². The zero-order valence-corrected chi connectivity index (χ0v) is 67.4. The Morgan fingerprint density at radius 3 is 1.99 bits per heavy atom. The number of Topliss-reactive ketones (excluding diaryl/α,β-unsaturated/α-hetero) is 2. The number of anilines is 4. The zero-order valence-electron chi connectivity index (χ0n) is 63.3. The van der Waals surface area contributed by atoms with Crippen molar-refractivity contribution < 1.29 is 60.1 Å². The fraction of sp³-hybridized carbons (Fsp3) is 0.0879. The second kappa shape index (κ2) is 36.7. The van der Waals surface area contributed by atoms with E-state index >= 15 is 0 Å². The molecule has 21 nitrogen and oxygen atoms in total. The van der Waals surface area contributed by atoms with Gasteiger partial charge in [-0.2, -0.15) is 8.42 Å². The highest BCUT2D eigenvalue weighted by molar-refractivity contribution is 8.26. The quantitative estimate of drug-likeness (QED) is 0.0191. The number of thiocarbonyl (C=S) groups is 1. The molecule has 5 amide bonds. The molecule has 3 aliphatic heterocycles. The van der Waals surface area contributed by atoms with Gasteiger partial charge in [0, 0.05) is 45.8 Å².